The maximum absolute atomic E-state index is 12.2. The molecular formula is C26H27N5O2. The van der Waals surface area contributed by atoms with Crippen LogP contribution in [0.5, 0.6) is 0 Å². The van der Waals surface area contributed by atoms with Gasteiger partial charge in [-0.3, -0.25) is 9.36 Å². The van der Waals surface area contributed by atoms with E-state index in [-0.39, 0.29) is 5.91 Å². The third kappa shape index (κ3) is 4.32. The second kappa shape index (κ2) is 9.42. The number of aromatic nitrogens is 3. The predicted molar refractivity (Wildman–Crippen MR) is 129 cm³/mol. The van der Waals surface area contributed by atoms with E-state index in [0.717, 1.165) is 35.7 Å². The molecule has 0 radical (unpaired) electrons. The summed E-state index contributed by atoms with van der Waals surface area (Å²) in [6, 6.07) is 25.0. The Morgan fingerprint density at radius 2 is 1.82 bits per heavy atom. The molecule has 1 unspecified atom stereocenters. The standard InChI is InChI=1S/C26H27N5O2/c1-27-25(32)23-18-30(16-17-33-23)26-29-28-24(31(26)15-14-19-8-3-2-4-9-19)22-13-7-11-20-10-5-6-12-21(20)22/h2-13,23H,14-18H2,1H3,(H,27,32). The molecule has 2 heterocycles. The largest absolute Gasteiger partial charge is 0.365 e. The Morgan fingerprint density at radius 1 is 1.03 bits per heavy atom. The quantitative estimate of drug-likeness (QED) is 0.497. The van der Waals surface area contributed by atoms with Crippen LogP contribution in [0.25, 0.3) is 22.2 Å². The van der Waals surface area contributed by atoms with Crippen LogP contribution in [0.3, 0.4) is 0 Å². The summed E-state index contributed by atoms with van der Waals surface area (Å²) in [6.07, 6.45) is 0.330. The van der Waals surface area contributed by atoms with E-state index in [1.165, 1.54) is 10.9 Å². The van der Waals surface area contributed by atoms with Gasteiger partial charge in [-0.15, -0.1) is 10.2 Å². The number of anilines is 1. The Balaban J connectivity index is 1.55. The molecule has 3 aromatic carbocycles. The van der Waals surface area contributed by atoms with E-state index in [1.807, 2.05) is 18.2 Å². The van der Waals surface area contributed by atoms with E-state index >= 15 is 0 Å². The zero-order chi connectivity index (χ0) is 22.6. The molecule has 1 amide bonds. The Bertz CT molecular complexity index is 1250. The van der Waals surface area contributed by atoms with Crippen LogP contribution in [0.15, 0.2) is 72.8 Å². The van der Waals surface area contributed by atoms with Gasteiger partial charge in [0.15, 0.2) is 11.9 Å². The molecule has 0 spiro atoms. The fourth-order valence-electron chi connectivity index (χ4n) is 4.39. The van der Waals surface area contributed by atoms with Crippen molar-refractivity contribution in [3.8, 4) is 11.4 Å². The lowest BCUT2D eigenvalue weighted by Gasteiger charge is -2.32. The molecule has 1 fully saturated rings. The van der Waals surface area contributed by atoms with Crippen molar-refractivity contribution in [3.63, 3.8) is 0 Å². The fourth-order valence-corrected chi connectivity index (χ4v) is 4.39. The number of likely N-dealkylation sites (N-methyl/N-ethyl adjacent to an activating group) is 1. The topological polar surface area (TPSA) is 72.3 Å². The number of amides is 1. The molecule has 1 N–H and O–H groups in total. The van der Waals surface area contributed by atoms with Crippen molar-refractivity contribution in [3.05, 3.63) is 78.4 Å². The van der Waals surface area contributed by atoms with Crippen molar-refractivity contribution in [1.82, 2.24) is 20.1 Å². The molecule has 7 heteroatoms. The molecule has 1 atom stereocenters. The van der Waals surface area contributed by atoms with E-state index in [0.29, 0.717) is 19.7 Å². The van der Waals surface area contributed by atoms with Crippen molar-refractivity contribution in [2.24, 2.45) is 0 Å². The van der Waals surface area contributed by atoms with Crippen molar-refractivity contribution >= 4 is 22.6 Å². The average Bonchev–Trinajstić information content (AvgIpc) is 3.31. The third-order valence-corrected chi connectivity index (χ3v) is 6.12. The van der Waals surface area contributed by atoms with Crippen LogP contribution >= 0.6 is 0 Å². The van der Waals surface area contributed by atoms with Gasteiger partial charge in [0, 0.05) is 25.7 Å². The van der Waals surface area contributed by atoms with E-state index < -0.39 is 6.10 Å². The van der Waals surface area contributed by atoms with Crippen LogP contribution in [0.1, 0.15) is 5.56 Å². The summed E-state index contributed by atoms with van der Waals surface area (Å²) in [4.78, 5) is 14.3. The van der Waals surface area contributed by atoms with Gasteiger partial charge < -0.3 is 15.0 Å². The van der Waals surface area contributed by atoms with Crippen LogP contribution in [0.2, 0.25) is 0 Å². The Labute approximate surface area is 193 Å². The highest BCUT2D eigenvalue weighted by Crippen LogP contribution is 2.30. The minimum Gasteiger partial charge on any atom is -0.365 e. The minimum atomic E-state index is -0.524. The normalized spacial score (nSPS) is 16.2. The number of fused-ring (bicyclic) bond motifs is 1. The maximum Gasteiger partial charge on any atom is 0.250 e. The fraction of sp³-hybridized carbons (Fsp3) is 0.269. The van der Waals surface area contributed by atoms with Gasteiger partial charge >= 0.3 is 0 Å². The Kier molecular flexibility index (Phi) is 6.04. The van der Waals surface area contributed by atoms with E-state index in [1.54, 1.807) is 7.05 Å². The van der Waals surface area contributed by atoms with Crippen molar-refractivity contribution in [1.29, 1.82) is 0 Å². The van der Waals surface area contributed by atoms with Crippen LogP contribution in [0, 0.1) is 0 Å². The first kappa shape index (κ1) is 21.2. The maximum atomic E-state index is 12.2. The average molecular weight is 442 g/mol. The summed E-state index contributed by atoms with van der Waals surface area (Å²) in [6.45, 7) is 2.30. The second-order valence-electron chi connectivity index (χ2n) is 8.16. The summed E-state index contributed by atoms with van der Waals surface area (Å²) in [5, 5.41) is 14.2. The zero-order valence-electron chi connectivity index (χ0n) is 18.6. The summed E-state index contributed by atoms with van der Waals surface area (Å²) in [7, 11) is 1.63. The predicted octanol–water partition coefficient (Wildman–Crippen LogP) is 3.29. The first-order chi connectivity index (χ1) is 16.2. The van der Waals surface area contributed by atoms with Gasteiger partial charge in [-0.25, -0.2) is 0 Å². The number of carbonyl (C=O) groups excluding carboxylic acids is 1. The lowest BCUT2D eigenvalue weighted by molar-refractivity contribution is -0.132. The van der Waals surface area contributed by atoms with Crippen LogP contribution in [0.4, 0.5) is 5.95 Å². The number of ether oxygens (including phenoxy) is 1. The molecule has 168 valence electrons. The molecule has 1 aromatic heterocycles. The number of morpholine rings is 1. The Hall–Kier alpha value is -3.71. The number of rotatable bonds is 6. The van der Waals surface area contributed by atoms with Crippen LogP contribution in [-0.2, 0) is 22.5 Å². The highest BCUT2D eigenvalue weighted by atomic mass is 16.5. The number of aryl methyl sites for hydroxylation is 1. The lowest BCUT2D eigenvalue weighted by Crippen LogP contribution is -2.50. The number of nitrogens with one attached hydrogen (secondary N) is 1. The van der Waals surface area contributed by atoms with Gasteiger partial charge in [0.25, 0.3) is 5.91 Å². The van der Waals surface area contributed by atoms with Gasteiger partial charge in [-0.2, -0.15) is 0 Å². The zero-order valence-corrected chi connectivity index (χ0v) is 18.6. The lowest BCUT2D eigenvalue weighted by atomic mass is 10.0. The van der Waals surface area contributed by atoms with E-state index in [9.17, 15) is 4.79 Å². The molecule has 4 aromatic rings. The molecule has 5 rings (SSSR count). The van der Waals surface area contributed by atoms with Crippen molar-refractivity contribution in [2.45, 2.75) is 19.1 Å². The van der Waals surface area contributed by atoms with E-state index in [4.69, 9.17) is 4.74 Å². The molecule has 1 aliphatic rings. The van der Waals surface area contributed by atoms with E-state index in [2.05, 4.69) is 79.6 Å². The number of hydrogen-bond acceptors (Lipinski definition) is 5. The van der Waals surface area contributed by atoms with Gasteiger partial charge in [-0.05, 0) is 22.8 Å². The number of benzene rings is 3. The molecular weight excluding hydrogens is 414 g/mol. The first-order valence-electron chi connectivity index (χ1n) is 11.3. The highest BCUT2D eigenvalue weighted by Gasteiger charge is 2.29. The SMILES string of the molecule is CNC(=O)C1CN(c2nnc(-c3cccc4ccccc34)n2CCc2ccccc2)CCO1. The molecule has 1 aliphatic heterocycles. The second-order valence-corrected chi connectivity index (χ2v) is 8.16. The minimum absolute atomic E-state index is 0.121. The third-order valence-electron chi connectivity index (χ3n) is 6.12. The van der Waals surface area contributed by atoms with Crippen LogP contribution in [-0.4, -0.2) is 53.5 Å². The van der Waals surface area contributed by atoms with Gasteiger partial charge in [0.2, 0.25) is 5.95 Å². The molecule has 0 aliphatic carbocycles. The van der Waals surface area contributed by atoms with Gasteiger partial charge in [-0.1, -0.05) is 72.8 Å². The summed E-state index contributed by atoms with van der Waals surface area (Å²) in [5.41, 5.74) is 2.31. The van der Waals surface area contributed by atoms with Gasteiger partial charge in [0.05, 0.1) is 13.2 Å². The highest BCUT2D eigenvalue weighted by molar-refractivity contribution is 5.95. The molecule has 0 bridgehead atoms. The monoisotopic (exact) mass is 441 g/mol. The summed E-state index contributed by atoms with van der Waals surface area (Å²) in [5.74, 6) is 1.48. The van der Waals surface area contributed by atoms with Crippen molar-refractivity contribution < 1.29 is 9.53 Å². The molecule has 0 saturated carbocycles. The van der Waals surface area contributed by atoms with Crippen molar-refractivity contribution in [2.75, 3.05) is 31.6 Å². The molecule has 7 nitrogen and oxygen atoms in total. The Morgan fingerprint density at radius 3 is 2.67 bits per heavy atom. The first-order valence-corrected chi connectivity index (χ1v) is 11.3. The molecule has 33 heavy (non-hydrogen) atoms. The summed E-state index contributed by atoms with van der Waals surface area (Å²) < 4.78 is 7.87. The number of nitrogens with zero attached hydrogens (tertiary/aromatic N) is 4. The van der Waals surface area contributed by atoms with Crippen LogP contribution < -0.4 is 10.2 Å². The number of hydrogen-bond donors (Lipinski definition) is 1. The number of carbonyl (C=O) groups is 1. The molecule has 1 saturated heterocycles. The smallest absolute Gasteiger partial charge is 0.250 e. The van der Waals surface area contributed by atoms with Gasteiger partial charge in [0.1, 0.15) is 0 Å². The summed E-state index contributed by atoms with van der Waals surface area (Å²) >= 11 is 0.